The van der Waals surface area contributed by atoms with Gasteiger partial charge in [-0.2, -0.15) is 0 Å². The lowest BCUT2D eigenvalue weighted by Gasteiger charge is -2.15. The quantitative estimate of drug-likeness (QED) is 0.610. The van der Waals surface area contributed by atoms with Gasteiger partial charge in [0.1, 0.15) is 11.8 Å². The molecule has 0 aliphatic carbocycles. The maximum atomic E-state index is 10.5. The summed E-state index contributed by atoms with van der Waals surface area (Å²) < 4.78 is 0. The van der Waals surface area contributed by atoms with E-state index >= 15 is 0 Å². The summed E-state index contributed by atoms with van der Waals surface area (Å²) >= 11 is 0. The molecule has 8 heteroatoms. The van der Waals surface area contributed by atoms with E-state index in [2.05, 4.69) is 0 Å². The Morgan fingerprint density at radius 2 is 1.53 bits per heavy atom. The standard InChI is InChI=1S/C9H12N2O3.2ClH.H2O/c10-7(8(11)9(13)14)5-1-3-6(12)4-2-5;;;/h1-4,7-8,12H,10-11H2,(H,13,14);2*1H;1H2/t7?,8-;;;/m0.../s1. The highest BCUT2D eigenvalue weighted by Crippen LogP contribution is 2.16. The molecule has 1 unspecified atom stereocenters. The van der Waals surface area contributed by atoms with Crippen LogP contribution in [0.2, 0.25) is 0 Å². The third-order valence-electron chi connectivity index (χ3n) is 1.95. The van der Waals surface area contributed by atoms with Crippen LogP contribution in [0.5, 0.6) is 5.75 Å². The number of aromatic hydroxyl groups is 1. The number of carboxylic acids is 1. The number of rotatable bonds is 3. The molecule has 0 radical (unpaired) electrons. The zero-order chi connectivity index (χ0) is 10.7. The van der Waals surface area contributed by atoms with E-state index in [9.17, 15) is 4.79 Å². The molecule has 0 aromatic heterocycles. The SMILES string of the molecule is Cl.Cl.NC(c1ccc(O)cc1)[C@H](N)C(=O)O.O. The minimum atomic E-state index is -1.15. The van der Waals surface area contributed by atoms with Crippen LogP contribution in [0.4, 0.5) is 0 Å². The van der Waals surface area contributed by atoms with Gasteiger partial charge in [-0.3, -0.25) is 4.79 Å². The first-order valence-electron chi connectivity index (χ1n) is 4.05. The van der Waals surface area contributed by atoms with Crippen molar-refractivity contribution in [2.45, 2.75) is 12.1 Å². The average molecular weight is 287 g/mol. The Hall–Kier alpha value is -1.05. The number of carbonyl (C=O) groups is 1. The Morgan fingerprint density at radius 1 is 1.12 bits per heavy atom. The predicted molar refractivity (Wildman–Crippen MR) is 68.8 cm³/mol. The van der Waals surface area contributed by atoms with E-state index in [1.807, 2.05) is 0 Å². The molecule has 0 saturated carbocycles. The van der Waals surface area contributed by atoms with Crippen molar-refractivity contribution in [3.05, 3.63) is 29.8 Å². The van der Waals surface area contributed by atoms with Crippen LogP contribution in [0.15, 0.2) is 24.3 Å². The molecule has 0 heterocycles. The summed E-state index contributed by atoms with van der Waals surface area (Å²) in [6, 6.07) is 4.05. The zero-order valence-electron chi connectivity index (χ0n) is 8.74. The molecule has 1 aromatic carbocycles. The van der Waals surface area contributed by atoms with Crippen molar-refractivity contribution >= 4 is 30.8 Å². The molecule has 17 heavy (non-hydrogen) atoms. The number of halogens is 2. The third-order valence-corrected chi connectivity index (χ3v) is 1.95. The summed E-state index contributed by atoms with van der Waals surface area (Å²) in [6.45, 7) is 0. The first-order valence-corrected chi connectivity index (χ1v) is 4.05. The number of hydrogen-bond acceptors (Lipinski definition) is 4. The van der Waals surface area contributed by atoms with E-state index < -0.39 is 18.1 Å². The normalized spacial score (nSPS) is 12.1. The number of phenolic OH excluding ortho intramolecular Hbond substituents is 1. The van der Waals surface area contributed by atoms with Crippen molar-refractivity contribution in [2.75, 3.05) is 0 Å². The summed E-state index contributed by atoms with van der Waals surface area (Å²) in [5.41, 5.74) is 11.5. The Balaban J connectivity index is -0.000000653. The first kappa shape index (κ1) is 21.3. The van der Waals surface area contributed by atoms with Gasteiger partial charge in [-0.25, -0.2) is 0 Å². The van der Waals surface area contributed by atoms with Crippen molar-refractivity contribution in [3.8, 4) is 5.75 Å². The van der Waals surface area contributed by atoms with Gasteiger partial charge >= 0.3 is 5.97 Å². The van der Waals surface area contributed by atoms with Gasteiger partial charge in [-0.05, 0) is 17.7 Å². The van der Waals surface area contributed by atoms with Crippen LogP contribution in [0.1, 0.15) is 11.6 Å². The third kappa shape index (κ3) is 5.71. The van der Waals surface area contributed by atoms with Crippen LogP contribution in [0.3, 0.4) is 0 Å². The lowest BCUT2D eigenvalue weighted by atomic mass is 10.0. The Morgan fingerprint density at radius 3 is 1.88 bits per heavy atom. The second-order valence-electron chi connectivity index (χ2n) is 2.98. The maximum absolute atomic E-state index is 10.5. The minimum absolute atomic E-state index is 0. The maximum Gasteiger partial charge on any atom is 0.322 e. The van der Waals surface area contributed by atoms with E-state index in [1.165, 1.54) is 12.1 Å². The van der Waals surface area contributed by atoms with Gasteiger partial charge in [0.2, 0.25) is 0 Å². The van der Waals surface area contributed by atoms with E-state index in [1.54, 1.807) is 12.1 Å². The van der Waals surface area contributed by atoms with Crippen LogP contribution in [0, 0.1) is 0 Å². The van der Waals surface area contributed by atoms with Crippen molar-refractivity contribution in [1.29, 1.82) is 0 Å². The minimum Gasteiger partial charge on any atom is -0.508 e. The predicted octanol–water partition coefficient (Wildman–Crippen LogP) is -0.177. The van der Waals surface area contributed by atoms with E-state index in [0.29, 0.717) is 5.56 Å². The number of hydrogen-bond donors (Lipinski definition) is 4. The van der Waals surface area contributed by atoms with E-state index in [0.717, 1.165) is 0 Å². The molecule has 2 atom stereocenters. The lowest BCUT2D eigenvalue weighted by molar-refractivity contribution is -0.139. The molecule has 0 bridgehead atoms. The molecular weight excluding hydrogens is 271 g/mol. The Kier molecular flexibility index (Phi) is 11.3. The van der Waals surface area contributed by atoms with E-state index in [4.69, 9.17) is 21.7 Å². The van der Waals surface area contributed by atoms with Gasteiger partial charge in [0.25, 0.3) is 0 Å². The summed E-state index contributed by atoms with van der Waals surface area (Å²) in [7, 11) is 0. The largest absolute Gasteiger partial charge is 0.508 e. The van der Waals surface area contributed by atoms with Gasteiger partial charge in [-0.15, -0.1) is 24.8 Å². The molecule has 0 amide bonds. The van der Waals surface area contributed by atoms with Gasteiger partial charge in [-0.1, -0.05) is 12.1 Å². The first-order chi connectivity index (χ1) is 6.52. The van der Waals surface area contributed by atoms with Crippen LogP contribution >= 0.6 is 24.8 Å². The molecule has 6 nitrogen and oxygen atoms in total. The summed E-state index contributed by atoms with van der Waals surface area (Å²) in [5, 5.41) is 17.6. The van der Waals surface area contributed by atoms with Crippen LogP contribution < -0.4 is 11.5 Å². The van der Waals surface area contributed by atoms with Gasteiger partial charge in [0.05, 0.1) is 6.04 Å². The smallest absolute Gasteiger partial charge is 0.322 e. The van der Waals surface area contributed by atoms with Crippen LogP contribution in [-0.4, -0.2) is 27.7 Å². The topological polar surface area (TPSA) is 141 Å². The number of phenols is 1. The second-order valence-corrected chi connectivity index (χ2v) is 2.98. The van der Waals surface area contributed by atoms with Crippen molar-refractivity contribution < 1.29 is 20.5 Å². The molecule has 0 fully saturated rings. The molecule has 0 spiro atoms. The fourth-order valence-corrected chi connectivity index (χ4v) is 1.06. The second kappa shape index (κ2) is 9.03. The van der Waals surface area contributed by atoms with Crippen molar-refractivity contribution in [2.24, 2.45) is 11.5 Å². The molecular formula is C9H16Cl2N2O4. The van der Waals surface area contributed by atoms with Gasteiger partial charge in [0.15, 0.2) is 0 Å². The highest BCUT2D eigenvalue weighted by Gasteiger charge is 2.21. The van der Waals surface area contributed by atoms with Crippen LogP contribution in [-0.2, 0) is 4.79 Å². The molecule has 1 aromatic rings. The van der Waals surface area contributed by atoms with Crippen LogP contribution in [0.25, 0.3) is 0 Å². The molecule has 0 saturated heterocycles. The molecule has 1 rings (SSSR count). The summed E-state index contributed by atoms with van der Waals surface area (Å²) in [6.07, 6.45) is 0. The number of nitrogens with two attached hydrogens (primary N) is 2. The Labute approximate surface area is 111 Å². The highest BCUT2D eigenvalue weighted by atomic mass is 35.5. The monoisotopic (exact) mass is 286 g/mol. The van der Waals surface area contributed by atoms with Crippen molar-refractivity contribution in [1.82, 2.24) is 0 Å². The van der Waals surface area contributed by atoms with Gasteiger partial charge in [0, 0.05) is 0 Å². The van der Waals surface area contributed by atoms with E-state index in [-0.39, 0.29) is 36.0 Å². The lowest BCUT2D eigenvalue weighted by Crippen LogP contribution is -2.40. The number of aliphatic carboxylic acids is 1. The molecule has 0 aliphatic rings. The molecule has 0 aliphatic heterocycles. The molecule has 8 N–H and O–H groups in total. The average Bonchev–Trinajstić information content (AvgIpc) is 2.16. The summed E-state index contributed by atoms with van der Waals surface area (Å²) in [4.78, 5) is 10.5. The number of carboxylic acid groups (broad SMARTS) is 1. The van der Waals surface area contributed by atoms with Crippen molar-refractivity contribution in [3.63, 3.8) is 0 Å². The highest BCUT2D eigenvalue weighted by molar-refractivity contribution is 5.85. The van der Waals surface area contributed by atoms with Gasteiger partial charge < -0.3 is 27.2 Å². The zero-order valence-corrected chi connectivity index (χ0v) is 10.4. The Bertz CT molecular complexity index is 334. The molecule has 100 valence electrons. The fourth-order valence-electron chi connectivity index (χ4n) is 1.06. The number of benzene rings is 1. The fraction of sp³-hybridized carbons (Fsp3) is 0.222. The summed E-state index contributed by atoms with van der Waals surface area (Å²) in [5.74, 6) is -1.05.